The van der Waals surface area contributed by atoms with Crippen LogP contribution in [-0.4, -0.2) is 28.9 Å². The third-order valence-corrected chi connectivity index (χ3v) is 8.81. The van der Waals surface area contributed by atoms with Gasteiger partial charge in [0, 0.05) is 21.5 Å². The molecule has 0 atom stereocenters. The van der Waals surface area contributed by atoms with Crippen LogP contribution in [0.2, 0.25) is 5.02 Å². The Labute approximate surface area is 308 Å². The van der Waals surface area contributed by atoms with E-state index in [4.69, 9.17) is 55.9 Å². The molecule has 0 aliphatic rings. The van der Waals surface area contributed by atoms with Gasteiger partial charge < -0.3 is 14.8 Å². The molecule has 3 N–H and O–H groups in total. The number of rotatable bonds is 8. The number of fused-ring (bicyclic) bond motifs is 1. The van der Waals surface area contributed by atoms with Crippen LogP contribution in [0.5, 0.6) is 17.2 Å². The smallest absolute Gasteiger partial charge is 0.364 e. The standard InChI is InChI=1S/C32H22Cl4IN3O7S/c1-18-16-20(38-31(42)39-30(41)24-8-4-5-9-28(24)47-32(34,35)36)17-25(37)29(18)46-27-15-14-26(22-6-2-3-7-23(22)27)40(48(43,44)45)21-12-10-19(33)11-13-21/h2-17H,1H3,(H,43,44,45)(H2,38,39,41,42). The number of anilines is 3. The van der Waals surface area contributed by atoms with Crippen molar-refractivity contribution in [1.29, 1.82) is 0 Å². The minimum Gasteiger partial charge on any atom is -0.455 e. The van der Waals surface area contributed by atoms with Gasteiger partial charge in [-0.15, -0.1) is 0 Å². The summed E-state index contributed by atoms with van der Waals surface area (Å²) in [6, 6.07) is 24.5. The Morgan fingerprint density at radius 1 is 0.875 bits per heavy atom. The molecule has 0 unspecified atom stereocenters. The quantitative estimate of drug-likeness (QED) is 0.0804. The molecule has 0 fully saturated rings. The second-order valence-electron chi connectivity index (χ2n) is 10.0. The van der Waals surface area contributed by atoms with E-state index in [0.717, 1.165) is 4.31 Å². The lowest BCUT2D eigenvalue weighted by Gasteiger charge is -2.23. The van der Waals surface area contributed by atoms with Gasteiger partial charge in [-0.3, -0.25) is 14.7 Å². The predicted molar refractivity (Wildman–Crippen MR) is 197 cm³/mol. The third kappa shape index (κ3) is 8.55. The highest BCUT2D eigenvalue weighted by Crippen LogP contribution is 2.42. The summed E-state index contributed by atoms with van der Waals surface area (Å²) in [5.41, 5.74) is 1.35. The molecule has 0 radical (unpaired) electrons. The summed E-state index contributed by atoms with van der Waals surface area (Å²) in [6.45, 7) is 1.77. The lowest BCUT2D eigenvalue weighted by Crippen LogP contribution is -2.34. The number of hydrogen-bond acceptors (Lipinski definition) is 6. The van der Waals surface area contributed by atoms with Crippen LogP contribution in [0.3, 0.4) is 0 Å². The van der Waals surface area contributed by atoms with Gasteiger partial charge in [0.25, 0.3) is 5.91 Å². The van der Waals surface area contributed by atoms with E-state index in [1.165, 1.54) is 42.5 Å². The lowest BCUT2D eigenvalue weighted by atomic mass is 10.1. The van der Waals surface area contributed by atoms with Crippen molar-refractivity contribution in [3.05, 3.63) is 117 Å². The molecule has 5 aromatic carbocycles. The number of benzene rings is 5. The van der Waals surface area contributed by atoms with E-state index in [9.17, 15) is 22.6 Å². The molecule has 5 rings (SSSR count). The van der Waals surface area contributed by atoms with Crippen LogP contribution in [0.4, 0.5) is 21.9 Å². The van der Waals surface area contributed by atoms with Gasteiger partial charge in [-0.1, -0.05) is 48.0 Å². The number of halogens is 5. The fourth-order valence-corrected chi connectivity index (χ4v) is 6.78. The summed E-state index contributed by atoms with van der Waals surface area (Å²) in [5, 5.41) is 6.29. The zero-order valence-corrected chi connectivity index (χ0v) is 30.4. The second kappa shape index (κ2) is 14.5. The summed E-state index contributed by atoms with van der Waals surface area (Å²) in [7, 11) is -4.74. The highest BCUT2D eigenvalue weighted by atomic mass is 127. The minimum atomic E-state index is -4.74. The summed E-state index contributed by atoms with van der Waals surface area (Å²) in [4.78, 5) is 25.6. The Kier molecular flexibility index (Phi) is 10.8. The Morgan fingerprint density at radius 2 is 1.52 bits per heavy atom. The fourth-order valence-electron chi connectivity index (χ4n) is 4.74. The number of amides is 3. The summed E-state index contributed by atoms with van der Waals surface area (Å²) in [6.07, 6.45) is 0. The van der Waals surface area contributed by atoms with E-state index < -0.39 is 26.2 Å². The van der Waals surface area contributed by atoms with Gasteiger partial charge in [0.05, 0.1) is 20.5 Å². The van der Waals surface area contributed by atoms with Gasteiger partial charge >= 0.3 is 20.3 Å². The van der Waals surface area contributed by atoms with E-state index >= 15 is 0 Å². The number of carbonyl (C=O) groups is 2. The van der Waals surface area contributed by atoms with Crippen molar-refractivity contribution in [3.8, 4) is 17.2 Å². The number of nitrogens with one attached hydrogen (secondary N) is 2. The van der Waals surface area contributed by atoms with Gasteiger partial charge in [0.2, 0.25) is 0 Å². The lowest BCUT2D eigenvalue weighted by molar-refractivity contribution is 0.0963. The van der Waals surface area contributed by atoms with E-state index in [2.05, 4.69) is 10.6 Å². The molecule has 0 aliphatic carbocycles. The van der Waals surface area contributed by atoms with Gasteiger partial charge in [0.1, 0.15) is 17.2 Å². The Balaban J connectivity index is 1.39. The number of aryl methyl sites for hydroxylation is 1. The molecule has 0 saturated carbocycles. The molecule has 3 amide bonds. The van der Waals surface area contributed by atoms with Crippen LogP contribution in [0, 0.1) is 10.5 Å². The monoisotopic (exact) mass is 859 g/mol. The van der Waals surface area contributed by atoms with E-state index in [0.29, 0.717) is 42.1 Å². The number of imide groups is 1. The molecule has 0 heterocycles. The molecule has 0 spiro atoms. The number of ether oxygens (including phenoxy) is 2. The molecular formula is C32H22Cl4IN3O7S. The van der Waals surface area contributed by atoms with Gasteiger partial charge in [-0.05, 0) is 131 Å². The van der Waals surface area contributed by atoms with Crippen molar-refractivity contribution < 1.29 is 32.0 Å². The zero-order valence-electron chi connectivity index (χ0n) is 24.4. The Morgan fingerprint density at radius 3 is 2.17 bits per heavy atom. The van der Waals surface area contributed by atoms with Crippen molar-refractivity contribution in [3.63, 3.8) is 0 Å². The topological polar surface area (TPSA) is 134 Å². The van der Waals surface area contributed by atoms with Crippen LogP contribution in [0.15, 0.2) is 97.1 Å². The average Bonchev–Trinajstić information content (AvgIpc) is 2.99. The molecular weight excluding hydrogens is 839 g/mol. The fraction of sp³-hybridized carbons (Fsp3) is 0.0625. The average molecular weight is 861 g/mol. The molecule has 0 bridgehead atoms. The molecule has 248 valence electrons. The molecule has 5 aromatic rings. The number of alkyl halides is 3. The maximum Gasteiger partial charge on any atom is 0.364 e. The van der Waals surface area contributed by atoms with Gasteiger partial charge in [0.15, 0.2) is 0 Å². The van der Waals surface area contributed by atoms with Crippen LogP contribution >= 0.6 is 69.0 Å². The zero-order chi connectivity index (χ0) is 34.8. The van der Waals surface area contributed by atoms with Gasteiger partial charge in [-0.25, -0.2) is 9.10 Å². The first-order valence-electron chi connectivity index (χ1n) is 13.6. The third-order valence-electron chi connectivity index (χ3n) is 6.66. The van der Waals surface area contributed by atoms with E-state index in [-0.39, 0.29) is 22.7 Å². The van der Waals surface area contributed by atoms with E-state index in [1.807, 2.05) is 22.6 Å². The van der Waals surface area contributed by atoms with Crippen LogP contribution in [0.1, 0.15) is 15.9 Å². The first kappa shape index (κ1) is 35.8. The Hall–Kier alpha value is -3.50. The molecule has 48 heavy (non-hydrogen) atoms. The first-order chi connectivity index (χ1) is 22.6. The molecule has 10 nitrogen and oxygen atoms in total. The van der Waals surface area contributed by atoms with Gasteiger partial charge in [-0.2, -0.15) is 8.42 Å². The maximum atomic E-state index is 12.8. The number of urea groups is 1. The SMILES string of the molecule is Cc1cc(NC(=O)NC(=O)c2ccccc2OC(Cl)(Cl)Cl)cc(I)c1Oc1ccc(N(c2ccc(Cl)cc2)S(=O)(=O)O)c2ccccc12. The van der Waals surface area contributed by atoms with Crippen molar-refractivity contribution in [2.45, 2.75) is 10.9 Å². The summed E-state index contributed by atoms with van der Waals surface area (Å²) < 4.78 is 46.2. The van der Waals surface area contributed by atoms with Crippen LogP contribution < -0.4 is 24.4 Å². The molecule has 0 aromatic heterocycles. The molecule has 0 aliphatic heterocycles. The number of nitrogens with zero attached hydrogens (tertiary/aromatic N) is 1. The first-order valence-corrected chi connectivity index (χ1v) is 17.6. The number of para-hydroxylation sites is 1. The molecule has 16 heteroatoms. The van der Waals surface area contributed by atoms with Crippen molar-refractivity contribution in [2.75, 3.05) is 9.62 Å². The van der Waals surface area contributed by atoms with Crippen LogP contribution in [-0.2, 0) is 10.3 Å². The Bertz CT molecular complexity index is 2120. The largest absolute Gasteiger partial charge is 0.455 e. The van der Waals surface area contributed by atoms with Crippen molar-refractivity contribution in [1.82, 2.24) is 5.32 Å². The van der Waals surface area contributed by atoms with Crippen LogP contribution in [0.25, 0.3) is 10.8 Å². The summed E-state index contributed by atoms with van der Waals surface area (Å²) in [5.74, 6) is 0.0489. The van der Waals surface area contributed by atoms with Crippen molar-refractivity contribution in [2.24, 2.45) is 0 Å². The predicted octanol–water partition coefficient (Wildman–Crippen LogP) is 9.81. The van der Waals surface area contributed by atoms with Crippen molar-refractivity contribution >= 4 is 119 Å². The number of hydrogen-bond donors (Lipinski definition) is 3. The number of carbonyl (C=O) groups excluding carboxylic acids is 2. The summed E-state index contributed by atoms with van der Waals surface area (Å²) >= 11 is 25.1. The molecule has 0 saturated heterocycles. The minimum absolute atomic E-state index is 0.0281. The van der Waals surface area contributed by atoms with E-state index in [1.54, 1.807) is 61.5 Å². The normalized spacial score (nSPS) is 11.6. The second-order valence-corrected chi connectivity index (χ2v) is 15.0. The highest BCUT2D eigenvalue weighted by molar-refractivity contribution is 14.1. The maximum absolute atomic E-state index is 12.8. The highest BCUT2D eigenvalue weighted by Gasteiger charge is 2.27.